The van der Waals surface area contributed by atoms with Crippen molar-refractivity contribution >= 4 is 29.7 Å². The molecule has 1 amide bonds. The Morgan fingerprint density at radius 3 is 2.62 bits per heavy atom. The molecule has 0 aromatic heterocycles. The highest BCUT2D eigenvalue weighted by atomic mass is 35.5. The van der Waals surface area contributed by atoms with Crippen molar-refractivity contribution in [3.05, 3.63) is 46.7 Å². The SMILES string of the molecule is CN=CC(=CN)N1C(=O)C(CC(=O)O)CC[C@H]1c1ccc(Cl)cc1. The number of carboxylic acids is 1. The summed E-state index contributed by atoms with van der Waals surface area (Å²) < 4.78 is 0. The largest absolute Gasteiger partial charge is 0.481 e. The number of benzene rings is 1. The highest BCUT2D eigenvalue weighted by molar-refractivity contribution is 6.30. The first-order valence-electron chi connectivity index (χ1n) is 7.62. The first-order valence-corrected chi connectivity index (χ1v) is 8.00. The maximum Gasteiger partial charge on any atom is 0.304 e. The Bertz CT molecular complexity index is 670. The molecule has 1 aliphatic rings. The Morgan fingerprint density at radius 1 is 1.42 bits per heavy atom. The third-order valence-corrected chi connectivity index (χ3v) is 4.32. The maximum absolute atomic E-state index is 12.9. The van der Waals surface area contributed by atoms with Crippen molar-refractivity contribution in [3.63, 3.8) is 0 Å². The minimum atomic E-state index is -0.985. The Kier molecular flexibility index (Phi) is 5.98. The van der Waals surface area contributed by atoms with Crippen LogP contribution in [0.3, 0.4) is 0 Å². The minimum absolute atomic E-state index is 0.191. The van der Waals surface area contributed by atoms with Crippen molar-refractivity contribution in [1.82, 2.24) is 4.90 Å². The molecule has 0 radical (unpaired) electrons. The maximum atomic E-state index is 12.9. The van der Waals surface area contributed by atoms with Gasteiger partial charge in [0.2, 0.25) is 5.91 Å². The van der Waals surface area contributed by atoms with Crippen LogP contribution in [0.15, 0.2) is 41.2 Å². The quantitative estimate of drug-likeness (QED) is 0.798. The fraction of sp³-hybridized carbons (Fsp3) is 0.353. The summed E-state index contributed by atoms with van der Waals surface area (Å²) in [6.45, 7) is 0. The van der Waals surface area contributed by atoms with Crippen molar-refractivity contribution in [1.29, 1.82) is 0 Å². The van der Waals surface area contributed by atoms with Crippen molar-refractivity contribution in [2.75, 3.05) is 7.05 Å². The highest BCUT2D eigenvalue weighted by Crippen LogP contribution is 2.37. The monoisotopic (exact) mass is 349 g/mol. The van der Waals surface area contributed by atoms with Gasteiger partial charge < -0.3 is 15.7 Å². The average Bonchev–Trinajstić information content (AvgIpc) is 2.55. The van der Waals surface area contributed by atoms with Crippen LogP contribution in [0.25, 0.3) is 0 Å². The molecule has 3 N–H and O–H groups in total. The normalized spacial score (nSPS) is 22.2. The van der Waals surface area contributed by atoms with E-state index in [-0.39, 0.29) is 18.4 Å². The van der Waals surface area contributed by atoms with Crippen LogP contribution in [0.5, 0.6) is 0 Å². The molecule has 7 heteroatoms. The van der Waals surface area contributed by atoms with Gasteiger partial charge in [-0.05, 0) is 30.5 Å². The van der Waals surface area contributed by atoms with Crippen LogP contribution in [0.4, 0.5) is 0 Å². The molecule has 6 nitrogen and oxygen atoms in total. The second-order valence-electron chi connectivity index (χ2n) is 5.63. The lowest BCUT2D eigenvalue weighted by atomic mass is 9.86. The van der Waals surface area contributed by atoms with Gasteiger partial charge in [0.05, 0.1) is 18.2 Å². The van der Waals surface area contributed by atoms with Gasteiger partial charge in [-0.25, -0.2) is 0 Å². The van der Waals surface area contributed by atoms with E-state index < -0.39 is 11.9 Å². The molecule has 2 rings (SSSR count). The number of amides is 1. The third-order valence-electron chi connectivity index (χ3n) is 4.07. The fourth-order valence-corrected chi connectivity index (χ4v) is 3.11. The zero-order valence-corrected chi connectivity index (χ0v) is 14.1. The smallest absolute Gasteiger partial charge is 0.304 e. The van der Waals surface area contributed by atoms with E-state index in [1.165, 1.54) is 12.4 Å². The number of hydrogen-bond acceptors (Lipinski definition) is 4. The Labute approximate surface area is 145 Å². The Hall–Kier alpha value is -2.34. The lowest BCUT2D eigenvalue weighted by Gasteiger charge is -2.39. The van der Waals surface area contributed by atoms with Gasteiger partial charge in [0, 0.05) is 30.4 Å². The van der Waals surface area contributed by atoms with Gasteiger partial charge in [-0.1, -0.05) is 23.7 Å². The van der Waals surface area contributed by atoms with E-state index in [9.17, 15) is 9.59 Å². The predicted octanol–water partition coefficient (Wildman–Crippen LogP) is 2.60. The molecular formula is C17H20ClN3O3. The lowest BCUT2D eigenvalue weighted by molar-refractivity contribution is -0.147. The first kappa shape index (κ1) is 18.0. The summed E-state index contributed by atoms with van der Waals surface area (Å²) in [5.41, 5.74) is 7.06. The molecule has 0 bridgehead atoms. The molecule has 1 unspecified atom stereocenters. The summed E-state index contributed by atoms with van der Waals surface area (Å²) >= 11 is 5.94. The van der Waals surface area contributed by atoms with Gasteiger partial charge in [0.25, 0.3) is 0 Å². The standard InChI is InChI=1S/C17H20ClN3O3/c1-20-10-14(9-19)21-15(11-2-5-13(18)6-3-11)7-4-12(17(21)24)8-16(22)23/h2-3,5-6,9-10,12,15H,4,7-8,19H2,1H3,(H,22,23)/t12?,15-/m0/s1. The summed E-state index contributed by atoms with van der Waals surface area (Å²) in [5, 5.41) is 9.64. The average molecular weight is 350 g/mol. The number of likely N-dealkylation sites (tertiary alicyclic amines) is 1. The molecule has 0 spiro atoms. The van der Waals surface area contributed by atoms with Crippen LogP contribution >= 0.6 is 11.6 Å². The van der Waals surface area contributed by atoms with E-state index in [4.69, 9.17) is 22.4 Å². The third kappa shape index (κ3) is 3.94. The molecule has 24 heavy (non-hydrogen) atoms. The number of nitrogens with two attached hydrogens (primary N) is 1. The summed E-state index contributed by atoms with van der Waals surface area (Å²) in [5.74, 6) is -1.80. The molecule has 1 aromatic rings. The Morgan fingerprint density at radius 2 is 2.08 bits per heavy atom. The van der Waals surface area contributed by atoms with E-state index in [0.717, 1.165) is 5.56 Å². The van der Waals surface area contributed by atoms with Crippen LogP contribution in [0.2, 0.25) is 5.02 Å². The number of nitrogens with zero attached hydrogens (tertiary/aromatic N) is 2. The van der Waals surface area contributed by atoms with E-state index in [1.807, 2.05) is 12.1 Å². The van der Waals surface area contributed by atoms with E-state index in [1.54, 1.807) is 24.1 Å². The van der Waals surface area contributed by atoms with Crippen molar-refractivity contribution in [2.24, 2.45) is 16.6 Å². The number of rotatable bonds is 5. The van der Waals surface area contributed by atoms with Gasteiger partial charge in [0.1, 0.15) is 0 Å². The zero-order valence-electron chi connectivity index (χ0n) is 13.4. The number of carbonyl (C=O) groups excluding carboxylic acids is 1. The molecule has 128 valence electrons. The second-order valence-corrected chi connectivity index (χ2v) is 6.06. The van der Waals surface area contributed by atoms with Crippen LogP contribution in [0, 0.1) is 5.92 Å². The van der Waals surface area contributed by atoms with Gasteiger partial charge >= 0.3 is 5.97 Å². The number of hydrogen-bond donors (Lipinski definition) is 2. The predicted molar refractivity (Wildman–Crippen MR) is 92.7 cm³/mol. The molecule has 2 atom stereocenters. The van der Waals surface area contributed by atoms with Crippen molar-refractivity contribution < 1.29 is 14.7 Å². The molecular weight excluding hydrogens is 330 g/mol. The first-order chi connectivity index (χ1) is 11.5. The summed E-state index contributed by atoms with van der Waals surface area (Å²) in [6, 6.07) is 7.03. The number of halogens is 1. The topological polar surface area (TPSA) is 96.0 Å². The van der Waals surface area contributed by atoms with E-state index in [0.29, 0.717) is 23.6 Å². The second kappa shape index (κ2) is 7.97. The zero-order chi connectivity index (χ0) is 17.7. The van der Waals surface area contributed by atoms with Crippen LogP contribution in [-0.4, -0.2) is 35.1 Å². The van der Waals surface area contributed by atoms with Gasteiger partial charge in [-0.15, -0.1) is 0 Å². The summed E-state index contributed by atoms with van der Waals surface area (Å²) in [4.78, 5) is 29.4. The number of carboxylic acid groups (broad SMARTS) is 1. The summed E-state index contributed by atoms with van der Waals surface area (Å²) in [6.07, 6.45) is 3.78. The molecule has 1 fully saturated rings. The van der Waals surface area contributed by atoms with Crippen LogP contribution in [0.1, 0.15) is 30.9 Å². The number of piperidine rings is 1. The van der Waals surface area contributed by atoms with Gasteiger partial charge in [0.15, 0.2) is 0 Å². The van der Waals surface area contributed by atoms with E-state index >= 15 is 0 Å². The van der Waals surface area contributed by atoms with Gasteiger partial charge in [-0.2, -0.15) is 0 Å². The molecule has 0 aliphatic carbocycles. The highest BCUT2D eigenvalue weighted by Gasteiger charge is 2.38. The molecule has 1 aromatic carbocycles. The molecule has 1 aliphatic heterocycles. The summed E-state index contributed by atoms with van der Waals surface area (Å²) in [7, 11) is 1.59. The van der Waals surface area contributed by atoms with Crippen LogP contribution in [-0.2, 0) is 9.59 Å². The van der Waals surface area contributed by atoms with Crippen molar-refractivity contribution in [3.8, 4) is 0 Å². The molecule has 0 saturated carbocycles. The number of carbonyl (C=O) groups is 2. The number of allylic oxidation sites excluding steroid dienone is 1. The molecule has 1 heterocycles. The van der Waals surface area contributed by atoms with Crippen LogP contribution < -0.4 is 5.73 Å². The number of aliphatic carboxylic acids is 1. The number of aliphatic imine (C=N–C) groups is 1. The van der Waals surface area contributed by atoms with Gasteiger partial charge in [-0.3, -0.25) is 14.6 Å². The van der Waals surface area contributed by atoms with Crippen molar-refractivity contribution in [2.45, 2.75) is 25.3 Å². The van der Waals surface area contributed by atoms with E-state index in [2.05, 4.69) is 4.99 Å². The lowest BCUT2D eigenvalue weighted by Crippen LogP contribution is -2.44. The fourth-order valence-electron chi connectivity index (χ4n) is 2.99. The Balaban J connectivity index is 2.40. The molecule has 1 saturated heterocycles. The minimum Gasteiger partial charge on any atom is -0.481 e.